The Morgan fingerprint density at radius 3 is 2.20 bits per heavy atom. The van der Waals surface area contributed by atoms with Crippen LogP contribution in [0.25, 0.3) is 0 Å². The van der Waals surface area contributed by atoms with E-state index in [9.17, 15) is 19.5 Å². The SMILES string of the molecule is C=CCN(Cc1ccccc1)C(=O)[C@H]1[C@@H]2OC3(CC2Br)C(C(=O)N(CC=C)C(C)(C)C)N([C@@H](CO)Cc2ccccc2)C(=O)[C@H]13. The molecule has 2 aromatic carbocycles. The molecule has 3 heterocycles. The Balaban J connectivity index is 1.60. The lowest BCUT2D eigenvalue weighted by atomic mass is 9.70. The molecule has 8 nitrogen and oxygen atoms in total. The number of alkyl halides is 1. The number of aliphatic hydroxyl groups is 1. The van der Waals surface area contributed by atoms with Crippen molar-refractivity contribution in [3.05, 3.63) is 97.1 Å². The van der Waals surface area contributed by atoms with Crippen molar-refractivity contribution in [3.8, 4) is 0 Å². The Morgan fingerprint density at radius 2 is 1.64 bits per heavy atom. The monoisotopic (exact) mass is 677 g/mol. The first-order chi connectivity index (χ1) is 21.5. The summed E-state index contributed by atoms with van der Waals surface area (Å²) in [5, 5.41) is 10.8. The van der Waals surface area contributed by atoms with Crippen molar-refractivity contribution < 1.29 is 24.2 Å². The summed E-state index contributed by atoms with van der Waals surface area (Å²) in [6.45, 7) is 14.2. The fourth-order valence-electron chi connectivity index (χ4n) is 7.53. The number of amides is 3. The summed E-state index contributed by atoms with van der Waals surface area (Å²) < 4.78 is 6.79. The second kappa shape index (κ2) is 13.2. The number of aliphatic hydroxyl groups excluding tert-OH is 1. The van der Waals surface area contributed by atoms with Gasteiger partial charge in [0, 0.05) is 30.0 Å². The summed E-state index contributed by atoms with van der Waals surface area (Å²) in [6, 6.07) is 17.6. The topological polar surface area (TPSA) is 90.4 Å². The van der Waals surface area contributed by atoms with Gasteiger partial charge in [-0.3, -0.25) is 14.4 Å². The number of carbonyl (C=O) groups excluding carboxylic acids is 3. The summed E-state index contributed by atoms with van der Waals surface area (Å²) in [7, 11) is 0. The third kappa shape index (κ3) is 6.02. The third-order valence-corrected chi connectivity index (χ3v) is 10.3. The minimum Gasteiger partial charge on any atom is -0.394 e. The van der Waals surface area contributed by atoms with E-state index in [1.807, 2.05) is 81.4 Å². The van der Waals surface area contributed by atoms with Gasteiger partial charge in [0.2, 0.25) is 17.7 Å². The van der Waals surface area contributed by atoms with E-state index in [4.69, 9.17) is 4.74 Å². The van der Waals surface area contributed by atoms with E-state index < -0.39 is 41.2 Å². The standard InChI is InChI=1S/C36H44BrN3O5/c1-6-18-38(22-25-16-12-9-13-17-25)32(42)28-29-33(43)40(26(23-41)20-24-14-10-8-11-15-24)31(36(29)21-27(37)30(28)45-36)34(44)39(19-7-2)35(3,4)5/h6-17,26-31,41H,1-2,18-23H2,3-5H3/t26-,27?,28-,29+,30-,31?,36?/m1/s1. The van der Waals surface area contributed by atoms with Crippen molar-refractivity contribution in [3.63, 3.8) is 0 Å². The summed E-state index contributed by atoms with van der Waals surface area (Å²) >= 11 is 3.79. The lowest BCUT2D eigenvalue weighted by Gasteiger charge is -2.43. The lowest BCUT2D eigenvalue weighted by Crippen LogP contribution is -2.62. The van der Waals surface area contributed by atoms with Gasteiger partial charge in [0.05, 0.1) is 30.6 Å². The van der Waals surface area contributed by atoms with Crippen molar-refractivity contribution in [2.75, 3.05) is 19.7 Å². The van der Waals surface area contributed by atoms with Gasteiger partial charge in [-0.2, -0.15) is 0 Å². The summed E-state index contributed by atoms with van der Waals surface area (Å²) in [5.41, 5.74) is 0.0658. The molecule has 1 spiro atoms. The Morgan fingerprint density at radius 1 is 1.04 bits per heavy atom. The molecule has 1 N–H and O–H groups in total. The van der Waals surface area contributed by atoms with E-state index in [0.717, 1.165) is 11.1 Å². The molecular weight excluding hydrogens is 634 g/mol. The fourth-order valence-corrected chi connectivity index (χ4v) is 8.48. The molecule has 2 aromatic rings. The van der Waals surface area contributed by atoms with Crippen molar-refractivity contribution >= 4 is 33.7 Å². The van der Waals surface area contributed by atoms with Gasteiger partial charge in [-0.05, 0) is 44.7 Å². The highest BCUT2D eigenvalue weighted by Gasteiger charge is 2.77. The largest absolute Gasteiger partial charge is 0.394 e. The van der Waals surface area contributed by atoms with E-state index in [-0.39, 0.29) is 35.7 Å². The highest BCUT2D eigenvalue weighted by molar-refractivity contribution is 9.09. The Hall–Kier alpha value is -3.27. The summed E-state index contributed by atoms with van der Waals surface area (Å²) in [6.07, 6.45) is 3.51. The van der Waals surface area contributed by atoms with Gasteiger partial charge in [-0.15, -0.1) is 13.2 Å². The van der Waals surface area contributed by atoms with Crippen LogP contribution in [0.15, 0.2) is 86.0 Å². The zero-order valence-corrected chi connectivity index (χ0v) is 27.9. The molecule has 0 aromatic heterocycles. The second-order valence-corrected chi connectivity index (χ2v) is 14.5. The average Bonchev–Trinajstić information content (AvgIpc) is 3.61. The van der Waals surface area contributed by atoms with Crippen molar-refractivity contribution in [1.29, 1.82) is 0 Å². The number of ether oxygens (including phenoxy) is 1. The number of halogens is 1. The maximum atomic E-state index is 14.8. The summed E-state index contributed by atoms with van der Waals surface area (Å²) in [4.78, 5) is 48.9. The number of hydrogen-bond donors (Lipinski definition) is 1. The molecule has 3 aliphatic heterocycles. The van der Waals surface area contributed by atoms with Gasteiger partial charge >= 0.3 is 0 Å². The molecule has 7 atom stereocenters. The Labute approximate surface area is 274 Å². The first-order valence-corrected chi connectivity index (χ1v) is 16.5. The molecule has 3 amide bonds. The highest BCUT2D eigenvalue weighted by Crippen LogP contribution is 2.61. The van der Waals surface area contributed by atoms with Crippen LogP contribution < -0.4 is 0 Å². The van der Waals surface area contributed by atoms with Crippen LogP contribution in [0.1, 0.15) is 38.3 Å². The second-order valence-electron chi connectivity index (χ2n) is 13.3. The first kappa shape index (κ1) is 33.1. The first-order valence-electron chi connectivity index (χ1n) is 15.6. The zero-order chi connectivity index (χ0) is 32.5. The molecule has 9 heteroatoms. The fraction of sp³-hybridized carbons (Fsp3) is 0.472. The minimum absolute atomic E-state index is 0.205. The highest BCUT2D eigenvalue weighted by atomic mass is 79.9. The number of hydrogen-bond acceptors (Lipinski definition) is 5. The average molecular weight is 679 g/mol. The third-order valence-electron chi connectivity index (χ3n) is 9.43. The minimum atomic E-state index is -1.24. The molecule has 2 bridgehead atoms. The van der Waals surface area contributed by atoms with Crippen LogP contribution in [-0.2, 0) is 32.1 Å². The molecule has 3 unspecified atom stereocenters. The molecule has 0 aliphatic carbocycles. The molecule has 3 saturated heterocycles. The van der Waals surface area contributed by atoms with E-state index in [1.54, 1.807) is 26.9 Å². The van der Waals surface area contributed by atoms with Crippen molar-refractivity contribution in [1.82, 2.24) is 14.7 Å². The number of nitrogens with zero attached hydrogens (tertiary/aromatic N) is 3. The van der Waals surface area contributed by atoms with Crippen LogP contribution in [0.3, 0.4) is 0 Å². The van der Waals surface area contributed by atoms with E-state index >= 15 is 0 Å². The van der Waals surface area contributed by atoms with Gasteiger partial charge in [-0.1, -0.05) is 88.7 Å². The molecular formula is C36H44BrN3O5. The van der Waals surface area contributed by atoms with E-state index in [2.05, 4.69) is 29.1 Å². The van der Waals surface area contributed by atoms with Crippen LogP contribution in [0.4, 0.5) is 0 Å². The maximum Gasteiger partial charge on any atom is 0.249 e. The molecule has 3 fully saturated rings. The lowest BCUT2D eigenvalue weighted by molar-refractivity contribution is -0.154. The van der Waals surface area contributed by atoms with Gasteiger partial charge < -0.3 is 24.5 Å². The van der Waals surface area contributed by atoms with Gasteiger partial charge in [-0.25, -0.2) is 0 Å². The molecule has 0 radical (unpaired) electrons. The van der Waals surface area contributed by atoms with Gasteiger partial charge in [0.1, 0.15) is 11.6 Å². The van der Waals surface area contributed by atoms with Gasteiger partial charge in [0.25, 0.3) is 0 Å². The van der Waals surface area contributed by atoms with Crippen LogP contribution in [0.2, 0.25) is 0 Å². The van der Waals surface area contributed by atoms with Crippen LogP contribution in [0, 0.1) is 11.8 Å². The predicted octanol–water partition coefficient (Wildman–Crippen LogP) is 4.37. The maximum absolute atomic E-state index is 14.8. The zero-order valence-electron chi connectivity index (χ0n) is 26.3. The van der Waals surface area contributed by atoms with E-state index in [0.29, 0.717) is 25.9 Å². The number of benzene rings is 2. The molecule has 5 rings (SSSR count). The normalized spacial score (nSPS) is 27.6. The summed E-state index contributed by atoms with van der Waals surface area (Å²) in [5.74, 6) is -2.49. The van der Waals surface area contributed by atoms with Crippen LogP contribution in [-0.4, -0.2) is 91.4 Å². The molecule has 0 saturated carbocycles. The number of fused-ring (bicyclic) bond motifs is 1. The van der Waals surface area contributed by atoms with Crippen molar-refractivity contribution in [2.45, 2.75) is 74.3 Å². The molecule has 3 aliphatic rings. The van der Waals surface area contributed by atoms with Crippen LogP contribution >= 0.6 is 15.9 Å². The van der Waals surface area contributed by atoms with Gasteiger partial charge in [0.15, 0.2) is 0 Å². The molecule has 45 heavy (non-hydrogen) atoms. The molecule has 240 valence electrons. The smallest absolute Gasteiger partial charge is 0.249 e. The van der Waals surface area contributed by atoms with Crippen LogP contribution in [0.5, 0.6) is 0 Å². The van der Waals surface area contributed by atoms with E-state index in [1.165, 1.54) is 0 Å². The van der Waals surface area contributed by atoms with Crippen molar-refractivity contribution in [2.24, 2.45) is 11.8 Å². The number of rotatable bonds is 12. The Kier molecular flexibility index (Phi) is 9.73. The Bertz CT molecular complexity index is 1410. The number of carbonyl (C=O) groups is 3. The predicted molar refractivity (Wildman–Crippen MR) is 177 cm³/mol. The number of likely N-dealkylation sites (tertiary alicyclic amines) is 1. The quantitative estimate of drug-likeness (QED) is 0.266.